The van der Waals surface area contributed by atoms with E-state index in [1.165, 1.54) is 19.1 Å². The third-order valence-corrected chi connectivity index (χ3v) is 6.07. The molecule has 3 aromatic carbocycles. The number of amides is 1. The van der Waals surface area contributed by atoms with Crippen LogP contribution in [-0.2, 0) is 9.59 Å². The van der Waals surface area contributed by atoms with E-state index in [0.29, 0.717) is 33.3 Å². The van der Waals surface area contributed by atoms with Gasteiger partial charge in [-0.2, -0.15) is 0 Å². The van der Waals surface area contributed by atoms with Crippen LogP contribution in [0.4, 0.5) is 5.69 Å². The minimum atomic E-state index is -0.948. The van der Waals surface area contributed by atoms with Gasteiger partial charge in [-0.05, 0) is 48.9 Å². The predicted molar refractivity (Wildman–Crippen MR) is 127 cm³/mol. The van der Waals surface area contributed by atoms with Crippen LogP contribution < -0.4 is 14.4 Å². The van der Waals surface area contributed by atoms with Gasteiger partial charge in [0.05, 0.1) is 25.8 Å². The molecule has 1 N–H and O–H groups in total. The van der Waals surface area contributed by atoms with E-state index < -0.39 is 17.7 Å². The molecule has 33 heavy (non-hydrogen) atoms. The summed E-state index contributed by atoms with van der Waals surface area (Å²) < 4.78 is 10.9. The maximum atomic E-state index is 13.3. The van der Waals surface area contributed by atoms with Gasteiger partial charge in [0.1, 0.15) is 17.3 Å². The van der Waals surface area contributed by atoms with E-state index >= 15 is 0 Å². The van der Waals surface area contributed by atoms with Crippen molar-refractivity contribution in [2.24, 2.45) is 0 Å². The fourth-order valence-corrected chi connectivity index (χ4v) is 4.09. The molecule has 1 aliphatic rings. The van der Waals surface area contributed by atoms with Gasteiger partial charge in [-0.25, -0.2) is 0 Å². The van der Waals surface area contributed by atoms with Crippen molar-refractivity contribution in [3.63, 3.8) is 0 Å². The van der Waals surface area contributed by atoms with E-state index in [1.54, 1.807) is 66.7 Å². The number of hydrogen-bond donors (Lipinski definition) is 1. The second kappa shape index (κ2) is 9.00. The van der Waals surface area contributed by atoms with Gasteiger partial charge in [0, 0.05) is 21.8 Å². The first-order valence-corrected chi connectivity index (χ1v) is 10.6. The van der Waals surface area contributed by atoms with Gasteiger partial charge in [0.2, 0.25) is 0 Å². The van der Waals surface area contributed by atoms with Crippen LogP contribution in [0.5, 0.6) is 11.5 Å². The Balaban J connectivity index is 2.02. The van der Waals surface area contributed by atoms with Crippen molar-refractivity contribution in [2.75, 3.05) is 19.1 Å². The average molecular weight is 464 g/mol. The number of carbonyl (C=O) groups excluding carboxylic acids is 2. The second-order valence-electron chi connectivity index (χ2n) is 7.58. The van der Waals surface area contributed by atoms with Crippen LogP contribution in [0.3, 0.4) is 0 Å². The summed E-state index contributed by atoms with van der Waals surface area (Å²) in [7, 11) is 3.02. The molecule has 0 aliphatic carbocycles. The number of carbonyl (C=O) groups is 2. The molecule has 0 unspecified atom stereocenters. The maximum Gasteiger partial charge on any atom is 0.300 e. The summed E-state index contributed by atoms with van der Waals surface area (Å²) in [6.45, 7) is 1.81. The van der Waals surface area contributed by atoms with Crippen LogP contribution in [0.2, 0.25) is 5.02 Å². The number of hydrogen-bond acceptors (Lipinski definition) is 5. The summed E-state index contributed by atoms with van der Waals surface area (Å²) in [6, 6.07) is 17.9. The molecular formula is C26H22ClNO5. The summed E-state index contributed by atoms with van der Waals surface area (Å²) in [4.78, 5) is 28.0. The molecule has 1 aliphatic heterocycles. The van der Waals surface area contributed by atoms with Crippen molar-refractivity contribution in [3.05, 3.63) is 94.0 Å². The van der Waals surface area contributed by atoms with Gasteiger partial charge in [0.25, 0.3) is 11.7 Å². The number of aliphatic hydroxyl groups is 1. The van der Waals surface area contributed by atoms with E-state index in [9.17, 15) is 14.7 Å². The number of rotatable bonds is 5. The zero-order valence-electron chi connectivity index (χ0n) is 18.3. The van der Waals surface area contributed by atoms with E-state index in [0.717, 1.165) is 5.56 Å². The summed E-state index contributed by atoms with van der Waals surface area (Å²) in [6.07, 6.45) is 0. The zero-order valence-corrected chi connectivity index (χ0v) is 19.1. The molecule has 0 aromatic heterocycles. The first-order chi connectivity index (χ1) is 15.9. The monoisotopic (exact) mass is 463 g/mol. The molecule has 3 aromatic rings. The van der Waals surface area contributed by atoms with Crippen molar-refractivity contribution in [2.45, 2.75) is 13.0 Å². The molecule has 1 fully saturated rings. The van der Waals surface area contributed by atoms with E-state index in [-0.39, 0.29) is 11.3 Å². The minimum absolute atomic E-state index is 0.0367. The molecule has 4 rings (SSSR count). The number of ketones is 1. The highest BCUT2D eigenvalue weighted by molar-refractivity contribution is 6.51. The number of Topliss-reactive ketones (excluding diaryl/α,β-unsaturated/α-hetero) is 1. The fourth-order valence-electron chi connectivity index (χ4n) is 3.98. The molecule has 1 amide bonds. The Hall–Kier alpha value is -3.77. The van der Waals surface area contributed by atoms with Crippen LogP contribution in [-0.4, -0.2) is 31.0 Å². The van der Waals surface area contributed by atoms with Crippen LogP contribution in [0.15, 0.2) is 72.3 Å². The molecule has 1 heterocycles. The minimum Gasteiger partial charge on any atom is -0.507 e. The van der Waals surface area contributed by atoms with Crippen molar-refractivity contribution < 1.29 is 24.2 Å². The molecule has 7 heteroatoms. The maximum absolute atomic E-state index is 13.3. The molecular weight excluding hydrogens is 442 g/mol. The third kappa shape index (κ3) is 3.94. The van der Waals surface area contributed by atoms with E-state index in [4.69, 9.17) is 21.1 Å². The zero-order chi connectivity index (χ0) is 23.7. The Morgan fingerprint density at radius 1 is 0.970 bits per heavy atom. The number of ether oxygens (including phenoxy) is 2. The standard InChI is InChI=1S/C26H22ClNO5/c1-15-13-17(9-11-20(15)27)28-23(19-14-18(32-2)10-12-21(19)33-3)22(25(30)26(28)31)24(29)16-7-5-4-6-8-16/h4-14,23,29H,1-3H3/t23-/m0/s1. The number of aliphatic hydroxyl groups excluding tert-OH is 1. The molecule has 1 saturated heterocycles. The number of halogens is 1. The number of aryl methyl sites for hydroxylation is 1. The summed E-state index contributed by atoms with van der Waals surface area (Å²) in [5.41, 5.74) is 2.11. The van der Waals surface area contributed by atoms with Gasteiger partial charge >= 0.3 is 0 Å². The lowest BCUT2D eigenvalue weighted by Gasteiger charge is -2.27. The third-order valence-electron chi connectivity index (χ3n) is 5.64. The van der Waals surface area contributed by atoms with Crippen LogP contribution >= 0.6 is 11.6 Å². The van der Waals surface area contributed by atoms with Gasteiger partial charge < -0.3 is 14.6 Å². The Bertz CT molecular complexity index is 1270. The average Bonchev–Trinajstić information content (AvgIpc) is 3.10. The largest absolute Gasteiger partial charge is 0.507 e. The summed E-state index contributed by atoms with van der Waals surface area (Å²) in [5, 5.41) is 11.7. The lowest BCUT2D eigenvalue weighted by molar-refractivity contribution is -0.132. The highest BCUT2D eigenvalue weighted by Crippen LogP contribution is 2.46. The van der Waals surface area contributed by atoms with Crippen molar-refractivity contribution >= 4 is 34.7 Å². The molecule has 1 atom stereocenters. The molecule has 168 valence electrons. The van der Waals surface area contributed by atoms with Crippen molar-refractivity contribution in [1.29, 1.82) is 0 Å². The molecule has 0 radical (unpaired) electrons. The first kappa shape index (κ1) is 22.4. The van der Waals surface area contributed by atoms with E-state index in [1.807, 2.05) is 6.92 Å². The normalized spacial score (nSPS) is 17.3. The quantitative estimate of drug-likeness (QED) is 0.316. The van der Waals surface area contributed by atoms with Gasteiger partial charge in [-0.3, -0.25) is 14.5 Å². The van der Waals surface area contributed by atoms with Crippen molar-refractivity contribution in [1.82, 2.24) is 0 Å². The van der Waals surface area contributed by atoms with Crippen LogP contribution in [0.25, 0.3) is 5.76 Å². The molecule has 0 bridgehead atoms. The Kier molecular flexibility index (Phi) is 6.11. The fraction of sp³-hybridized carbons (Fsp3) is 0.154. The van der Waals surface area contributed by atoms with Gasteiger partial charge in [-0.15, -0.1) is 0 Å². The number of anilines is 1. The second-order valence-corrected chi connectivity index (χ2v) is 7.98. The Labute approximate surface area is 196 Å². The molecule has 0 spiro atoms. The summed E-state index contributed by atoms with van der Waals surface area (Å²) >= 11 is 6.20. The molecule has 6 nitrogen and oxygen atoms in total. The smallest absolute Gasteiger partial charge is 0.300 e. The SMILES string of the molecule is COc1ccc(OC)c([C@H]2C(=C(O)c3ccccc3)C(=O)C(=O)N2c2ccc(Cl)c(C)c2)c1. The number of benzene rings is 3. The van der Waals surface area contributed by atoms with Crippen molar-refractivity contribution in [3.8, 4) is 11.5 Å². The topological polar surface area (TPSA) is 76.1 Å². The summed E-state index contributed by atoms with van der Waals surface area (Å²) in [5.74, 6) is -0.861. The highest BCUT2D eigenvalue weighted by atomic mass is 35.5. The predicted octanol–water partition coefficient (Wildman–Crippen LogP) is 5.29. The van der Waals surface area contributed by atoms with Crippen LogP contribution in [0, 0.1) is 6.92 Å². The van der Waals surface area contributed by atoms with Gasteiger partial charge in [-0.1, -0.05) is 41.9 Å². The highest BCUT2D eigenvalue weighted by Gasteiger charge is 2.48. The lowest BCUT2D eigenvalue weighted by Crippen LogP contribution is -2.29. The van der Waals surface area contributed by atoms with Crippen LogP contribution in [0.1, 0.15) is 22.7 Å². The molecule has 0 saturated carbocycles. The number of nitrogens with zero attached hydrogens (tertiary/aromatic N) is 1. The Morgan fingerprint density at radius 3 is 2.33 bits per heavy atom. The Morgan fingerprint density at radius 2 is 1.70 bits per heavy atom. The number of methoxy groups -OCH3 is 2. The lowest BCUT2D eigenvalue weighted by atomic mass is 9.94. The first-order valence-electron chi connectivity index (χ1n) is 10.2. The van der Waals surface area contributed by atoms with Gasteiger partial charge in [0.15, 0.2) is 0 Å². The van der Waals surface area contributed by atoms with E-state index in [2.05, 4.69) is 0 Å².